The molecule has 6 heteroatoms. The molecule has 32 heavy (non-hydrogen) atoms. The number of hydrogen-bond acceptors (Lipinski definition) is 4. The molecular formula is C26H22N2O4. The van der Waals surface area contributed by atoms with E-state index in [0.29, 0.717) is 34.7 Å². The van der Waals surface area contributed by atoms with Gasteiger partial charge in [-0.3, -0.25) is 14.4 Å². The smallest absolute Gasteiger partial charge is 0.261 e. The molecule has 1 aliphatic heterocycles. The molecular weight excluding hydrogens is 404 g/mol. The zero-order valence-electron chi connectivity index (χ0n) is 17.6. The third-order valence-electron chi connectivity index (χ3n) is 5.00. The molecule has 3 amide bonds. The van der Waals surface area contributed by atoms with Crippen LogP contribution in [0, 0.1) is 0 Å². The van der Waals surface area contributed by atoms with Crippen LogP contribution in [0.4, 0.5) is 11.4 Å². The van der Waals surface area contributed by atoms with E-state index in [2.05, 4.69) is 5.32 Å². The summed E-state index contributed by atoms with van der Waals surface area (Å²) in [4.78, 5) is 39.1. The highest BCUT2D eigenvalue weighted by Gasteiger charge is 2.34. The molecule has 1 fully saturated rings. The summed E-state index contributed by atoms with van der Waals surface area (Å²) in [6.45, 7) is 2.48. The Kier molecular flexibility index (Phi) is 6.12. The van der Waals surface area contributed by atoms with Gasteiger partial charge < -0.3 is 10.1 Å². The van der Waals surface area contributed by atoms with Gasteiger partial charge in [-0.1, -0.05) is 30.3 Å². The number of rotatable bonds is 6. The van der Waals surface area contributed by atoms with Gasteiger partial charge >= 0.3 is 0 Å². The summed E-state index contributed by atoms with van der Waals surface area (Å²) in [5.74, 6) is -0.143. The zero-order chi connectivity index (χ0) is 22.5. The van der Waals surface area contributed by atoms with E-state index in [1.807, 2.05) is 13.0 Å². The van der Waals surface area contributed by atoms with Crippen molar-refractivity contribution in [1.29, 1.82) is 0 Å². The van der Waals surface area contributed by atoms with Crippen LogP contribution in [0.5, 0.6) is 5.75 Å². The molecule has 0 bridgehead atoms. The Balaban J connectivity index is 1.50. The second-order valence-corrected chi connectivity index (χ2v) is 7.25. The molecule has 1 N–H and O–H groups in total. The summed E-state index contributed by atoms with van der Waals surface area (Å²) < 4.78 is 5.41. The lowest BCUT2D eigenvalue weighted by Gasteiger charge is -2.12. The predicted octanol–water partition coefficient (Wildman–Crippen LogP) is 4.68. The summed E-state index contributed by atoms with van der Waals surface area (Å²) in [6, 6.07) is 22.9. The molecule has 160 valence electrons. The number of imide groups is 1. The lowest BCUT2D eigenvalue weighted by Crippen LogP contribution is -2.28. The summed E-state index contributed by atoms with van der Waals surface area (Å²) in [5.41, 5.74) is 2.72. The lowest BCUT2D eigenvalue weighted by molar-refractivity contribution is -0.120. The first-order valence-corrected chi connectivity index (χ1v) is 10.3. The maximum absolute atomic E-state index is 12.8. The number of para-hydroxylation sites is 1. The average molecular weight is 426 g/mol. The summed E-state index contributed by atoms with van der Waals surface area (Å²) >= 11 is 0. The first-order chi connectivity index (χ1) is 15.5. The van der Waals surface area contributed by atoms with Crippen LogP contribution in [0.25, 0.3) is 6.08 Å². The first kappa shape index (κ1) is 21.1. The number of ether oxygens (including phenoxy) is 1. The molecule has 3 aromatic rings. The molecule has 0 spiro atoms. The number of nitrogens with zero attached hydrogens (tertiary/aromatic N) is 1. The van der Waals surface area contributed by atoms with Gasteiger partial charge in [-0.2, -0.15) is 0 Å². The molecule has 0 aliphatic carbocycles. The molecule has 1 heterocycles. The molecule has 0 saturated carbocycles. The van der Waals surface area contributed by atoms with Crippen LogP contribution in [0.2, 0.25) is 0 Å². The van der Waals surface area contributed by atoms with Gasteiger partial charge in [-0.05, 0) is 67.1 Å². The number of carbonyl (C=O) groups excluding carboxylic acids is 3. The second-order valence-electron chi connectivity index (χ2n) is 7.25. The molecule has 1 saturated heterocycles. The van der Waals surface area contributed by atoms with E-state index < -0.39 is 0 Å². The number of benzene rings is 3. The molecule has 4 rings (SSSR count). The van der Waals surface area contributed by atoms with Gasteiger partial charge in [0.1, 0.15) is 5.75 Å². The monoisotopic (exact) mass is 426 g/mol. The van der Waals surface area contributed by atoms with E-state index in [4.69, 9.17) is 4.74 Å². The van der Waals surface area contributed by atoms with Gasteiger partial charge in [-0.25, -0.2) is 4.90 Å². The van der Waals surface area contributed by atoms with Crippen molar-refractivity contribution in [3.63, 3.8) is 0 Å². The predicted molar refractivity (Wildman–Crippen MR) is 124 cm³/mol. The molecule has 3 aromatic carbocycles. The van der Waals surface area contributed by atoms with Gasteiger partial charge in [-0.15, -0.1) is 0 Å². The topological polar surface area (TPSA) is 75.7 Å². The van der Waals surface area contributed by atoms with Gasteiger partial charge in [0.15, 0.2) is 0 Å². The van der Waals surface area contributed by atoms with Crippen molar-refractivity contribution in [2.45, 2.75) is 13.3 Å². The minimum absolute atomic E-state index is 0.0241. The van der Waals surface area contributed by atoms with E-state index in [-0.39, 0.29) is 24.1 Å². The number of amides is 3. The highest BCUT2D eigenvalue weighted by molar-refractivity contribution is 6.29. The Labute approximate surface area is 186 Å². The Morgan fingerprint density at radius 3 is 2.47 bits per heavy atom. The van der Waals surface area contributed by atoms with Crippen molar-refractivity contribution in [2.24, 2.45) is 0 Å². The van der Waals surface area contributed by atoms with Gasteiger partial charge in [0.25, 0.3) is 11.8 Å². The molecule has 6 nitrogen and oxygen atoms in total. The first-order valence-electron chi connectivity index (χ1n) is 10.3. The highest BCUT2D eigenvalue weighted by Crippen LogP contribution is 2.27. The maximum atomic E-state index is 12.8. The zero-order valence-corrected chi connectivity index (χ0v) is 17.6. The third-order valence-corrected chi connectivity index (χ3v) is 5.00. The molecule has 0 radical (unpaired) electrons. The van der Waals surface area contributed by atoms with Crippen molar-refractivity contribution >= 4 is 35.2 Å². The fourth-order valence-corrected chi connectivity index (χ4v) is 3.50. The van der Waals surface area contributed by atoms with E-state index in [1.54, 1.807) is 78.9 Å². The van der Waals surface area contributed by atoms with Gasteiger partial charge in [0.05, 0.1) is 18.7 Å². The van der Waals surface area contributed by atoms with Crippen LogP contribution < -0.4 is 15.0 Å². The second kappa shape index (κ2) is 9.31. The normalized spacial score (nSPS) is 14.7. The van der Waals surface area contributed by atoms with E-state index in [1.165, 1.54) is 4.90 Å². The quantitative estimate of drug-likeness (QED) is 0.459. The fourth-order valence-electron chi connectivity index (χ4n) is 3.50. The summed E-state index contributed by atoms with van der Waals surface area (Å²) in [6.07, 6.45) is 1.69. The minimum atomic E-state index is -0.342. The van der Waals surface area contributed by atoms with E-state index >= 15 is 0 Å². The number of anilines is 2. The number of hydrogen-bond donors (Lipinski definition) is 1. The fraction of sp³-hybridized carbons (Fsp3) is 0.115. The largest absolute Gasteiger partial charge is 0.494 e. The number of carbonyl (C=O) groups is 3. The van der Waals surface area contributed by atoms with Crippen LogP contribution in [0.1, 0.15) is 29.3 Å². The van der Waals surface area contributed by atoms with Crippen molar-refractivity contribution in [1.82, 2.24) is 0 Å². The van der Waals surface area contributed by atoms with Crippen LogP contribution in [0.15, 0.2) is 84.4 Å². The van der Waals surface area contributed by atoms with Crippen molar-refractivity contribution in [3.05, 3.63) is 95.6 Å². The van der Waals surface area contributed by atoms with Gasteiger partial charge in [0.2, 0.25) is 5.91 Å². The van der Waals surface area contributed by atoms with Crippen LogP contribution >= 0.6 is 0 Å². The van der Waals surface area contributed by atoms with E-state index in [0.717, 1.165) is 5.75 Å². The molecule has 0 unspecified atom stereocenters. The Hall–Kier alpha value is -4.19. The van der Waals surface area contributed by atoms with Crippen molar-refractivity contribution < 1.29 is 19.1 Å². The van der Waals surface area contributed by atoms with Crippen LogP contribution in [-0.4, -0.2) is 24.3 Å². The summed E-state index contributed by atoms with van der Waals surface area (Å²) in [7, 11) is 0. The van der Waals surface area contributed by atoms with Crippen LogP contribution in [0.3, 0.4) is 0 Å². The number of nitrogens with one attached hydrogen (secondary N) is 1. The average Bonchev–Trinajstić information content (AvgIpc) is 3.08. The van der Waals surface area contributed by atoms with E-state index in [9.17, 15) is 14.4 Å². The molecule has 0 aromatic heterocycles. The SMILES string of the molecule is CCOc1ccc(NC(=O)c2cccc(/C=C3\CC(=O)N(c4ccccc4)C3=O)c2)cc1. The Morgan fingerprint density at radius 2 is 1.75 bits per heavy atom. The minimum Gasteiger partial charge on any atom is -0.494 e. The third kappa shape index (κ3) is 4.59. The highest BCUT2D eigenvalue weighted by atomic mass is 16.5. The Bertz CT molecular complexity index is 1180. The summed E-state index contributed by atoms with van der Waals surface area (Å²) in [5, 5.41) is 2.85. The van der Waals surface area contributed by atoms with Crippen molar-refractivity contribution in [3.8, 4) is 5.75 Å². The van der Waals surface area contributed by atoms with Gasteiger partial charge in [0, 0.05) is 16.8 Å². The molecule has 0 atom stereocenters. The lowest BCUT2D eigenvalue weighted by atomic mass is 10.1. The standard InChI is InChI=1S/C26H22N2O4/c1-2-32-23-13-11-21(12-14-23)27-25(30)19-8-6-7-18(15-19)16-20-17-24(29)28(26(20)31)22-9-4-3-5-10-22/h3-16H,2,17H2,1H3,(H,27,30)/b20-16+. The maximum Gasteiger partial charge on any atom is 0.261 e. The Morgan fingerprint density at radius 1 is 1.00 bits per heavy atom. The molecule has 1 aliphatic rings. The van der Waals surface area contributed by atoms with Crippen molar-refractivity contribution in [2.75, 3.05) is 16.8 Å². The van der Waals surface area contributed by atoms with Crippen LogP contribution in [-0.2, 0) is 9.59 Å².